The van der Waals surface area contributed by atoms with Gasteiger partial charge in [0.25, 0.3) is 0 Å². The fourth-order valence-electron chi connectivity index (χ4n) is 7.40. The number of benzene rings is 7. The number of rotatable bonds is 3. The highest BCUT2D eigenvalue weighted by Crippen LogP contribution is 2.44. The summed E-state index contributed by atoms with van der Waals surface area (Å²) in [6.07, 6.45) is 0. The number of hydrogen-bond acceptors (Lipinski definition) is 5. The first kappa shape index (κ1) is 26.7. The van der Waals surface area contributed by atoms with E-state index in [1.165, 1.54) is 25.7 Å². The van der Waals surface area contributed by atoms with Gasteiger partial charge in [0.1, 0.15) is 28.0 Å². The second kappa shape index (κ2) is 10.1. The molecule has 0 bridgehead atoms. The van der Waals surface area contributed by atoms with E-state index < -0.39 is 0 Å². The van der Waals surface area contributed by atoms with Crippen molar-refractivity contribution in [1.82, 2.24) is 9.97 Å². The molecule has 0 spiro atoms. The maximum Gasteiger partial charge on any atom is 0.180 e. The minimum atomic E-state index is 0.654. The molecule has 0 aliphatic rings. The number of nitrogens with zero attached hydrogens (tertiary/aromatic N) is 2. The molecule has 0 unspecified atom stereocenters. The molecule has 0 aliphatic carbocycles. The molecular formula is C44H24N2O2S. The molecule has 0 saturated carbocycles. The SMILES string of the molecule is c1ccc(-c2cc(-c3nc(-c4ccc5c(c4)oc4c6ccccc6ccc54)c4oc5ccccc5c4n3)cc3sc4ccccc4c23)cc1. The minimum absolute atomic E-state index is 0.654. The second-order valence-corrected chi connectivity index (χ2v) is 13.6. The number of fused-ring (bicyclic) bond motifs is 11. The summed E-state index contributed by atoms with van der Waals surface area (Å²) >= 11 is 1.81. The molecule has 0 radical (unpaired) electrons. The minimum Gasteiger partial charge on any atom is -0.455 e. The van der Waals surface area contributed by atoms with Crippen molar-refractivity contribution in [2.24, 2.45) is 0 Å². The molecule has 0 fully saturated rings. The van der Waals surface area contributed by atoms with Crippen molar-refractivity contribution < 1.29 is 8.83 Å². The van der Waals surface area contributed by atoms with Gasteiger partial charge in [0, 0.05) is 52.8 Å². The third kappa shape index (κ3) is 3.97. The Morgan fingerprint density at radius 2 is 1.20 bits per heavy atom. The Balaban J connectivity index is 1.19. The van der Waals surface area contributed by atoms with Crippen molar-refractivity contribution in [3.05, 3.63) is 146 Å². The number of furan rings is 2. The Morgan fingerprint density at radius 1 is 0.449 bits per heavy atom. The zero-order valence-corrected chi connectivity index (χ0v) is 26.8. The lowest BCUT2D eigenvalue weighted by atomic mass is 9.97. The lowest BCUT2D eigenvalue weighted by Gasteiger charge is -2.10. The average molecular weight is 645 g/mol. The summed E-state index contributed by atoms with van der Waals surface area (Å²) in [5.41, 5.74) is 8.89. The standard InChI is InChI=1S/C44H24N2O2S/c1-2-10-25(11-3-1)34-22-28(24-38-39(34)33-15-7-9-17-37(33)49-38)44-45-40(43-41(46-44)32-14-6-8-16-35(32)47-43)27-19-20-30-31-21-18-26-12-4-5-13-29(26)42(31)48-36(30)23-27/h1-24H. The topological polar surface area (TPSA) is 52.1 Å². The van der Waals surface area contributed by atoms with Crippen LogP contribution in [0.3, 0.4) is 0 Å². The van der Waals surface area contributed by atoms with Crippen molar-refractivity contribution >= 4 is 86.3 Å². The summed E-state index contributed by atoms with van der Waals surface area (Å²) in [7, 11) is 0. The molecule has 49 heavy (non-hydrogen) atoms. The molecular weight excluding hydrogens is 621 g/mol. The molecule has 0 aliphatic heterocycles. The van der Waals surface area contributed by atoms with Crippen LogP contribution in [0.5, 0.6) is 0 Å². The van der Waals surface area contributed by atoms with Crippen LogP contribution in [-0.4, -0.2) is 9.97 Å². The molecule has 4 aromatic heterocycles. The van der Waals surface area contributed by atoms with Crippen LogP contribution in [0, 0.1) is 0 Å². The third-order valence-corrected chi connectivity index (χ3v) is 10.8. The first-order valence-electron chi connectivity index (χ1n) is 16.3. The highest BCUT2D eigenvalue weighted by molar-refractivity contribution is 7.26. The molecule has 11 rings (SSSR count). The Bertz CT molecular complexity index is 3110. The van der Waals surface area contributed by atoms with Gasteiger partial charge in [-0.1, -0.05) is 97.1 Å². The molecule has 0 amide bonds. The van der Waals surface area contributed by atoms with E-state index in [0.29, 0.717) is 11.4 Å². The Morgan fingerprint density at radius 3 is 2.12 bits per heavy atom. The van der Waals surface area contributed by atoms with E-state index in [-0.39, 0.29) is 0 Å². The van der Waals surface area contributed by atoms with E-state index in [9.17, 15) is 0 Å². The van der Waals surface area contributed by atoms with Crippen LogP contribution in [0.25, 0.3) is 109 Å². The number of aromatic nitrogens is 2. The van der Waals surface area contributed by atoms with Crippen LogP contribution in [0.4, 0.5) is 0 Å². The van der Waals surface area contributed by atoms with E-state index in [4.69, 9.17) is 18.8 Å². The molecule has 228 valence electrons. The van der Waals surface area contributed by atoms with Crippen molar-refractivity contribution in [1.29, 1.82) is 0 Å². The van der Waals surface area contributed by atoms with Gasteiger partial charge in [0.05, 0.1) is 0 Å². The Labute approximate surface area is 283 Å². The van der Waals surface area contributed by atoms with E-state index in [0.717, 1.165) is 71.6 Å². The smallest absolute Gasteiger partial charge is 0.180 e. The molecule has 7 aromatic carbocycles. The monoisotopic (exact) mass is 644 g/mol. The fourth-order valence-corrected chi connectivity index (χ4v) is 8.57. The van der Waals surface area contributed by atoms with Crippen LogP contribution in [0.15, 0.2) is 154 Å². The van der Waals surface area contributed by atoms with Crippen molar-refractivity contribution in [2.75, 3.05) is 0 Å². The second-order valence-electron chi connectivity index (χ2n) is 12.5. The number of hydrogen-bond donors (Lipinski definition) is 0. The van der Waals surface area contributed by atoms with Gasteiger partial charge in [-0.05, 0) is 65.0 Å². The molecule has 4 heterocycles. The zero-order chi connectivity index (χ0) is 32.1. The van der Waals surface area contributed by atoms with Crippen LogP contribution in [0.2, 0.25) is 0 Å². The molecule has 5 heteroatoms. The fraction of sp³-hybridized carbons (Fsp3) is 0. The van der Waals surface area contributed by atoms with Crippen LogP contribution >= 0.6 is 11.3 Å². The molecule has 11 aromatic rings. The van der Waals surface area contributed by atoms with Gasteiger partial charge in [0.2, 0.25) is 0 Å². The predicted molar refractivity (Wildman–Crippen MR) is 203 cm³/mol. The molecule has 0 atom stereocenters. The number of thiophene rings is 1. The third-order valence-electron chi connectivity index (χ3n) is 9.68. The lowest BCUT2D eigenvalue weighted by molar-refractivity contribution is 0.667. The first-order chi connectivity index (χ1) is 24.3. The maximum atomic E-state index is 6.58. The van der Waals surface area contributed by atoms with E-state index in [1.807, 2.05) is 18.2 Å². The van der Waals surface area contributed by atoms with E-state index >= 15 is 0 Å². The van der Waals surface area contributed by atoms with Crippen LogP contribution < -0.4 is 0 Å². The summed E-state index contributed by atoms with van der Waals surface area (Å²) in [6, 6.07) is 50.8. The highest BCUT2D eigenvalue weighted by Gasteiger charge is 2.21. The van der Waals surface area contributed by atoms with Gasteiger partial charge >= 0.3 is 0 Å². The zero-order valence-electron chi connectivity index (χ0n) is 26.0. The van der Waals surface area contributed by atoms with Gasteiger partial charge in [-0.25, -0.2) is 9.97 Å². The van der Waals surface area contributed by atoms with E-state index in [2.05, 4.69) is 127 Å². The van der Waals surface area contributed by atoms with Gasteiger partial charge in [-0.3, -0.25) is 0 Å². The summed E-state index contributed by atoms with van der Waals surface area (Å²) in [5, 5.41) is 7.91. The molecule has 0 saturated heterocycles. The average Bonchev–Trinajstić information content (AvgIpc) is 3.85. The summed E-state index contributed by atoms with van der Waals surface area (Å²) in [4.78, 5) is 10.5. The largest absolute Gasteiger partial charge is 0.455 e. The van der Waals surface area contributed by atoms with Crippen molar-refractivity contribution in [3.63, 3.8) is 0 Å². The van der Waals surface area contributed by atoms with E-state index in [1.54, 1.807) is 11.3 Å². The lowest BCUT2D eigenvalue weighted by Crippen LogP contribution is -1.94. The first-order valence-corrected chi connectivity index (χ1v) is 17.1. The molecule has 0 N–H and O–H groups in total. The van der Waals surface area contributed by atoms with Crippen molar-refractivity contribution in [3.8, 4) is 33.8 Å². The Kier molecular flexibility index (Phi) is 5.51. The van der Waals surface area contributed by atoms with Gasteiger partial charge in [-0.2, -0.15) is 0 Å². The van der Waals surface area contributed by atoms with Crippen LogP contribution in [0.1, 0.15) is 0 Å². The van der Waals surface area contributed by atoms with Crippen LogP contribution in [-0.2, 0) is 0 Å². The van der Waals surface area contributed by atoms with Gasteiger partial charge in [0.15, 0.2) is 11.4 Å². The quantitative estimate of drug-likeness (QED) is 0.192. The van der Waals surface area contributed by atoms with Gasteiger partial charge in [-0.15, -0.1) is 11.3 Å². The number of para-hydroxylation sites is 1. The molecule has 4 nitrogen and oxygen atoms in total. The van der Waals surface area contributed by atoms with Crippen molar-refractivity contribution in [2.45, 2.75) is 0 Å². The summed E-state index contributed by atoms with van der Waals surface area (Å²) < 4.78 is 15.6. The highest BCUT2D eigenvalue weighted by atomic mass is 32.1. The van der Waals surface area contributed by atoms with Gasteiger partial charge < -0.3 is 8.83 Å². The summed E-state index contributed by atoms with van der Waals surface area (Å²) in [6.45, 7) is 0. The normalized spacial score (nSPS) is 12.1. The maximum absolute atomic E-state index is 6.58. The predicted octanol–water partition coefficient (Wildman–Crippen LogP) is 12.8. The Hall–Kier alpha value is -6.30. The summed E-state index contributed by atoms with van der Waals surface area (Å²) in [5.74, 6) is 0.654.